The molecule has 0 saturated carbocycles. The lowest BCUT2D eigenvalue weighted by atomic mass is 10.2. The van der Waals surface area contributed by atoms with E-state index >= 15 is 0 Å². The molecule has 0 bridgehead atoms. The Morgan fingerprint density at radius 3 is 3.25 bits per heavy atom. The van der Waals surface area contributed by atoms with Crippen molar-refractivity contribution in [2.75, 3.05) is 5.75 Å². The first-order valence-corrected chi connectivity index (χ1v) is 5.22. The molecule has 1 atom stereocenters. The highest BCUT2D eigenvalue weighted by Crippen LogP contribution is 2.39. The van der Waals surface area contributed by atoms with E-state index in [1.165, 1.54) is 18.6 Å². The number of hydrogen-bond donors (Lipinski definition) is 1. The van der Waals surface area contributed by atoms with Crippen LogP contribution in [-0.4, -0.2) is 10.9 Å². The van der Waals surface area contributed by atoms with Gasteiger partial charge in [-0.05, 0) is 18.6 Å². The molecular weight excluding hydrogens is 172 g/mol. The van der Waals surface area contributed by atoms with E-state index in [2.05, 4.69) is 5.16 Å². The zero-order valence-electron chi connectivity index (χ0n) is 6.82. The Morgan fingerprint density at radius 1 is 1.75 bits per heavy atom. The SMILES string of the molecule is NCc1cc(C2CCCS2)on1. The summed E-state index contributed by atoms with van der Waals surface area (Å²) in [4.78, 5) is 0. The van der Waals surface area contributed by atoms with Crippen LogP contribution in [0.4, 0.5) is 0 Å². The smallest absolute Gasteiger partial charge is 0.149 e. The van der Waals surface area contributed by atoms with Crippen molar-refractivity contribution >= 4 is 11.8 Å². The van der Waals surface area contributed by atoms with Gasteiger partial charge in [-0.25, -0.2) is 0 Å². The van der Waals surface area contributed by atoms with Gasteiger partial charge >= 0.3 is 0 Å². The van der Waals surface area contributed by atoms with Crippen LogP contribution < -0.4 is 5.73 Å². The molecular formula is C8H12N2OS. The zero-order chi connectivity index (χ0) is 8.39. The van der Waals surface area contributed by atoms with Gasteiger partial charge in [0, 0.05) is 12.6 Å². The van der Waals surface area contributed by atoms with E-state index in [9.17, 15) is 0 Å². The largest absolute Gasteiger partial charge is 0.360 e. The Balaban J connectivity index is 2.11. The van der Waals surface area contributed by atoms with Gasteiger partial charge in [0.05, 0.1) is 10.9 Å². The Bertz CT molecular complexity index is 255. The monoisotopic (exact) mass is 184 g/mol. The molecule has 0 radical (unpaired) electrons. The van der Waals surface area contributed by atoms with Crippen LogP contribution in [0.3, 0.4) is 0 Å². The fourth-order valence-electron chi connectivity index (χ4n) is 1.38. The first-order valence-electron chi connectivity index (χ1n) is 4.17. The molecule has 0 amide bonds. The molecule has 1 fully saturated rings. The maximum Gasteiger partial charge on any atom is 0.149 e. The predicted octanol–water partition coefficient (Wildman–Crippen LogP) is 1.70. The van der Waals surface area contributed by atoms with E-state index in [4.69, 9.17) is 10.3 Å². The van der Waals surface area contributed by atoms with Crippen molar-refractivity contribution in [1.82, 2.24) is 5.16 Å². The predicted molar refractivity (Wildman–Crippen MR) is 48.8 cm³/mol. The minimum Gasteiger partial charge on any atom is -0.360 e. The number of thioether (sulfide) groups is 1. The molecule has 3 nitrogen and oxygen atoms in total. The fourth-order valence-corrected chi connectivity index (χ4v) is 2.60. The second-order valence-corrected chi connectivity index (χ2v) is 4.24. The third-order valence-corrected chi connectivity index (χ3v) is 3.43. The molecule has 1 aliphatic heterocycles. The van der Waals surface area contributed by atoms with Crippen molar-refractivity contribution in [3.05, 3.63) is 17.5 Å². The van der Waals surface area contributed by atoms with E-state index in [-0.39, 0.29) is 0 Å². The topological polar surface area (TPSA) is 52.0 Å². The third-order valence-electron chi connectivity index (χ3n) is 2.03. The molecule has 2 rings (SSSR count). The summed E-state index contributed by atoms with van der Waals surface area (Å²) in [5.74, 6) is 2.24. The van der Waals surface area contributed by atoms with Gasteiger partial charge in [0.25, 0.3) is 0 Å². The van der Waals surface area contributed by atoms with Crippen molar-refractivity contribution < 1.29 is 4.52 Å². The second-order valence-electron chi connectivity index (χ2n) is 2.93. The molecule has 12 heavy (non-hydrogen) atoms. The zero-order valence-corrected chi connectivity index (χ0v) is 7.64. The lowest BCUT2D eigenvalue weighted by Crippen LogP contribution is -1.95. The molecule has 1 aromatic rings. The Labute approximate surface area is 75.7 Å². The molecule has 0 aromatic carbocycles. The highest BCUT2D eigenvalue weighted by Gasteiger charge is 2.21. The van der Waals surface area contributed by atoms with Gasteiger partial charge in [-0.2, -0.15) is 11.8 Å². The quantitative estimate of drug-likeness (QED) is 0.760. The van der Waals surface area contributed by atoms with Gasteiger partial charge in [-0.3, -0.25) is 0 Å². The van der Waals surface area contributed by atoms with Crippen molar-refractivity contribution in [3.8, 4) is 0 Å². The molecule has 2 heterocycles. The van der Waals surface area contributed by atoms with Crippen LogP contribution in [0.2, 0.25) is 0 Å². The number of rotatable bonds is 2. The van der Waals surface area contributed by atoms with E-state index in [0.29, 0.717) is 11.8 Å². The van der Waals surface area contributed by atoms with Crippen LogP contribution in [-0.2, 0) is 6.54 Å². The maximum absolute atomic E-state index is 5.43. The molecule has 1 unspecified atom stereocenters. The molecule has 1 aromatic heterocycles. The number of nitrogens with zero attached hydrogens (tertiary/aromatic N) is 1. The van der Waals surface area contributed by atoms with E-state index in [0.717, 1.165) is 11.5 Å². The van der Waals surface area contributed by atoms with Crippen molar-refractivity contribution in [1.29, 1.82) is 0 Å². The van der Waals surface area contributed by atoms with Crippen LogP contribution in [0.1, 0.15) is 29.5 Å². The Kier molecular flexibility index (Phi) is 2.37. The molecule has 0 aliphatic carbocycles. The summed E-state index contributed by atoms with van der Waals surface area (Å²) < 4.78 is 5.19. The summed E-state index contributed by atoms with van der Waals surface area (Å²) in [6.45, 7) is 0.473. The Hall–Kier alpha value is -0.480. The Morgan fingerprint density at radius 2 is 2.67 bits per heavy atom. The first-order chi connectivity index (χ1) is 5.90. The number of hydrogen-bond acceptors (Lipinski definition) is 4. The summed E-state index contributed by atoms with van der Waals surface area (Å²) >= 11 is 1.94. The molecule has 1 aliphatic rings. The molecule has 2 N–H and O–H groups in total. The van der Waals surface area contributed by atoms with Crippen molar-refractivity contribution in [3.63, 3.8) is 0 Å². The fraction of sp³-hybridized carbons (Fsp3) is 0.625. The van der Waals surface area contributed by atoms with Gasteiger partial charge in [0.1, 0.15) is 5.76 Å². The lowest BCUT2D eigenvalue weighted by Gasteiger charge is -2.00. The molecule has 1 saturated heterocycles. The van der Waals surface area contributed by atoms with Crippen molar-refractivity contribution in [2.24, 2.45) is 5.73 Å². The minimum absolute atomic E-state index is 0.473. The van der Waals surface area contributed by atoms with E-state index in [1.807, 2.05) is 17.8 Å². The maximum atomic E-state index is 5.43. The highest BCUT2D eigenvalue weighted by molar-refractivity contribution is 7.99. The van der Waals surface area contributed by atoms with Crippen LogP contribution in [0, 0.1) is 0 Å². The van der Waals surface area contributed by atoms with Crippen molar-refractivity contribution in [2.45, 2.75) is 24.6 Å². The van der Waals surface area contributed by atoms with Gasteiger partial charge in [0.15, 0.2) is 0 Å². The lowest BCUT2D eigenvalue weighted by molar-refractivity contribution is 0.374. The van der Waals surface area contributed by atoms with Crippen LogP contribution in [0.25, 0.3) is 0 Å². The number of nitrogens with two attached hydrogens (primary N) is 1. The summed E-state index contributed by atoms with van der Waals surface area (Å²) in [6, 6.07) is 1.98. The van der Waals surface area contributed by atoms with Crippen LogP contribution >= 0.6 is 11.8 Å². The average Bonchev–Trinajstić information content (AvgIpc) is 2.75. The third kappa shape index (κ3) is 1.49. The molecule has 66 valence electrons. The number of aromatic nitrogens is 1. The standard InChI is InChI=1S/C8H12N2OS/c9-5-6-4-7(11-10-6)8-2-1-3-12-8/h4,8H,1-3,5,9H2. The molecule has 0 spiro atoms. The minimum atomic E-state index is 0.473. The normalized spacial score (nSPS) is 23.2. The van der Waals surface area contributed by atoms with Gasteiger partial charge in [-0.15, -0.1) is 0 Å². The highest BCUT2D eigenvalue weighted by atomic mass is 32.2. The van der Waals surface area contributed by atoms with Gasteiger partial charge < -0.3 is 10.3 Å². The van der Waals surface area contributed by atoms with Crippen LogP contribution in [0.5, 0.6) is 0 Å². The molecule has 4 heteroatoms. The summed E-state index contributed by atoms with van der Waals surface area (Å²) in [7, 11) is 0. The van der Waals surface area contributed by atoms with E-state index in [1.54, 1.807) is 0 Å². The summed E-state index contributed by atoms with van der Waals surface area (Å²) in [5, 5.41) is 4.39. The van der Waals surface area contributed by atoms with E-state index < -0.39 is 0 Å². The summed E-state index contributed by atoms with van der Waals surface area (Å²) in [6.07, 6.45) is 2.50. The second kappa shape index (κ2) is 3.49. The van der Waals surface area contributed by atoms with Gasteiger partial charge in [0.2, 0.25) is 0 Å². The first kappa shape index (κ1) is 8.13. The summed E-state index contributed by atoms with van der Waals surface area (Å²) in [5.41, 5.74) is 6.29. The van der Waals surface area contributed by atoms with Crippen LogP contribution in [0.15, 0.2) is 10.6 Å². The average molecular weight is 184 g/mol. The van der Waals surface area contributed by atoms with Gasteiger partial charge in [-0.1, -0.05) is 5.16 Å².